The maximum absolute atomic E-state index is 12.3. The van der Waals surface area contributed by atoms with E-state index in [0.29, 0.717) is 11.5 Å². The number of amides is 1. The standard InChI is InChI=1S/C14H17Cl2NO3S/c1-8-11(15)6-9(7-12(8)21(16,19)20)13(18)17-14(2,3)10-4-5-10/h6-7,10H,4-5H2,1-3H3,(H,17,18). The monoisotopic (exact) mass is 349 g/mol. The van der Waals surface area contributed by atoms with Crippen LogP contribution in [0.4, 0.5) is 0 Å². The average Bonchev–Trinajstić information content (AvgIpc) is 3.14. The van der Waals surface area contributed by atoms with Gasteiger partial charge < -0.3 is 5.32 Å². The fourth-order valence-corrected chi connectivity index (χ4v) is 3.81. The number of halogens is 2. The molecule has 1 saturated carbocycles. The minimum Gasteiger partial charge on any atom is -0.347 e. The number of carbonyl (C=O) groups is 1. The highest BCUT2D eigenvalue weighted by atomic mass is 35.7. The summed E-state index contributed by atoms with van der Waals surface area (Å²) in [6.07, 6.45) is 2.17. The quantitative estimate of drug-likeness (QED) is 0.846. The first-order valence-corrected chi connectivity index (χ1v) is 9.28. The van der Waals surface area contributed by atoms with Crippen LogP contribution in [0.1, 0.15) is 42.6 Å². The third kappa shape index (κ3) is 3.71. The molecule has 0 aromatic heterocycles. The van der Waals surface area contributed by atoms with Crippen molar-refractivity contribution in [2.24, 2.45) is 5.92 Å². The first kappa shape index (κ1) is 16.6. The van der Waals surface area contributed by atoms with Crippen LogP contribution < -0.4 is 5.32 Å². The highest BCUT2D eigenvalue weighted by molar-refractivity contribution is 8.13. The van der Waals surface area contributed by atoms with Crippen LogP contribution in [0.15, 0.2) is 17.0 Å². The normalized spacial score (nSPS) is 15.9. The number of hydrogen-bond donors (Lipinski definition) is 1. The number of carbonyl (C=O) groups excluding carboxylic acids is 1. The molecule has 1 fully saturated rings. The Morgan fingerprint density at radius 2 is 1.90 bits per heavy atom. The van der Waals surface area contributed by atoms with Crippen molar-refractivity contribution in [3.05, 3.63) is 28.3 Å². The van der Waals surface area contributed by atoms with Gasteiger partial charge in [-0.3, -0.25) is 4.79 Å². The number of hydrogen-bond acceptors (Lipinski definition) is 3. The van der Waals surface area contributed by atoms with Gasteiger partial charge in [-0.25, -0.2) is 8.42 Å². The summed E-state index contributed by atoms with van der Waals surface area (Å²) in [6, 6.07) is 2.72. The van der Waals surface area contributed by atoms with Gasteiger partial charge in [0.25, 0.3) is 15.0 Å². The predicted octanol–water partition coefficient (Wildman–Crippen LogP) is 3.49. The Morgan fingerprint density at radius 1 is 1.33 bits per heavy atom. The summed E-state index contributed by atoms with van der Waals surface area (Å²) in [4.78, 5) is 12.2. The molecule has 1 aliphatic rings. The zero-order valence-corrected chi connectivity index (χ0v) is 14.4. The van der Waals surface area contributed by atoms with Gasteiger partial charge in [-0.1, -0.05) is 11.6 Å². The van der Waals surface area contributed by atoms with Crippen molar-refractivity contribution in [3.8, 4) is 0 Å². The summed E-state index contributed by atoms with van der Waals surface area (Å²) in [5.74, 6) is 0.106. The lowest BCUT2D eigenvalue weighted by Crippen LogP contribution is -2.45. The molecule has 1 amide bonds. The first-order valence-electron chi connectivity index (χ1n) is 6.59. The van der Waals surface area contributed by atoms with E-state index in [4.69, 9.17) is 22.3 Å². The maximum atomic E-state index is 12.3. The Hall–Kier alpha value is -0.780. The summed E-state index contributed by atoms with van der Waals surface area (Å²) in [7, 11) is 1.44. The molecule has 0 heterocycles. The van der Waals surface area contributed by atoms with Gasteiger partial charge in [-0.15, -0.1) is 0 Å². The summed E-state index contributed by atoms with van der Waals surface area (Å²) < 4.78 is 23.1. The van der Waals surface area contributed by atoms with E-state index in [9.17, 15) is 13.2 Å². The maximum Gasteiger partial charge on any atom is 0.261 e. The second-order valence-corrected chi connectivity index (χ2v) is 8.91. The van der Waals surface area contributed by atoms with Crippen LogP contribution in [0.2, 0.25) is 5.02 Å². The highest BCUT2D eigenvalue weighted by Crippen LogP contribution is 2.39. The molecule has 0 aliphatic heterocycles. The molecule has 1 aliphatic carbocycles. The molecule has 1 aromatic carbocycles. The van der Waals surface area contributed by atoms with Gasteiger partial charge in [0.1, 0.15) is 0 Å². The number of benzene rings is 1. The molecule has 0 unspecified atom stereocenters. The molecule has 4 nitrogen and oxygen atoms in total. The molecule has 0 atom stereocenters. The lowest BCUT2D eigenvalue weighted by atomic mass is 9.98. The molecular formula is C14H17Cl2NO3S. The average molecular weight is 350 g/mol. The van der Waals surface area contributed by atoms with Gasteiger partial charge in [0.2, 0.25) is 0 Å². The van der Waals surface area contributed by atoms with Gasteiger partial charge in [0, 0.05) is 26.8 Å². The van der Waals surface area contributed by atoms with Gasteiger partial charge in [-0.2, -0.15) is 0 Å². The van der Waals surface area contributed by atoms with E-state index in [0.717, 1.165) is 12.8 Å². The van der Waals surface area contributed by atoms with Gasteiger partial charge >= 0.3 is 0 Å². The number of nitrogens with one attached hydrogen (secondary N) is 1. The summed E-state index contributed by atoms with van der Waals surface area (Å²) >= 11 is 6.01. The van der Waals surface area contributed by atoms with Crippen molar-refractivity contribution in [2.45, 2.75) is 44.0 Å². The Bertz CT molecular complexity index is 694. The Kier molecular flexibility index (Phi) is 4.30. The van der Waals surface area contributed by atoms with Crippen LogP contribution >= 0.6 is 22.3 Å². The molecule has 7 heteroatoms. The minimum atomic E-state index is -3.95. The highest BCUT2D eigenvalue weighted by Gasteiger charge is 2.39. The van der Waals surface area contributed by atoms with Crippen LogP contribution in [0.3, 0.4) is 0 Å². The zero-order valence-electron chi connectivity index (χ0n) is 12.0. The van der Waals surface area contributed by atoms with Crippen LogP contribution in [-0.4, -0.2) is 19.9 Å². The molecular weight excluding hydrogens is 333 g/mol. The molecule has 116 valence electrons. The predicted molar refractivity (Wildman–Crippen MR) is 83.5 cm³/mol. The van der Waals surface area contributed by atoms with E-state index < -0.39 is 9.05 Å². The molecule has 0 bridgehead atoms. The Labute approximate surface area is 134 Å². The smallest absolute Gasteiger partial charge is 0.261 e. The van der Waals surface area contributed by atoms with E-state index in [2.05, 4.69) is 5.32 Å². The molecule has 2 rings (SSSR count). The number of rotatable bonds is 4. The summed E-state index contributed by atoms with van der Waals surface area (Å²) in [6.45, 7) is 5.46. The summed E-state index contributed by atoms with van der Waals surface area (Å²) in [5, 5.41) is 3.12. The van der Waals surface area contributed by atoms with Crippen LogP contribution in [0.25, 0.3) is 0 Å². The molecule has 1 N–H and O–H groups in total. The Balaban J connectivity index is 2.36. The van der Waals surface area contributed by atoms with Crippen molar-refractivity contribution in [3.63, 3.8) is 0 Å². The fourth-order valence-electron chi connectivity index (χ4n) is 2.31. The van der Waals surface area contributed by atoms with Crippen molar-refractivity contribution >= 4 is 37.2 Å². The lowest BCUT2D eigenvalue weighted by Gasteiger charge is -2.26. The van der Waals surface area contributed by atoms with Gasteiger partial charge in [0.05, 0.1) is 4.90 Å². The van der Waals surface area contributed by atoms with E-state index in [-0.39, 0.29) is 26.9 Å². The minimum absolute atomic E-state index is 0.133. The summed E-state index contributed by atoms with van der Waals surface area (Å²) in [5.41, 5.74) is 0.206. The van der Waals surface area contributed by atoms with Crippen molar-refractivity contribution < 1.29 is 13.2 Å². The Morgan fingerprint density at radius 3 is 2.38 bits per heavy atom. The van der Waals surface area contributed by atoms with Crippen LogP contribution in [0, 0.1) is 12.8 Å². The van der Waals surface area contributed by atoms with E-state index in [1.54, 1.807) is 6.92 Å². The van der Waals surface area contributed by atoms with E-state index in [1.165, 1.54) is 12.1 Å². The molecule has 21 heavy (non-hydrogen) atoms. The van der Waals surface area contributed by atoms with Crippen molar-refractivity contribution in [1.82, 2.24) is 5.32 Å². The molecule has 0 saturated heterocycles. The zero-order chi connectivity index (χ0) is 16.0. The largest absolute Gasteiger partial charge is 0.347 e. The van der Waals surface area contributed by atoms with Crippen molar-refractivity contribution in [2.75, 3.05) is 0 Å². The van der Waals surface area contributed by atoms with Crippen LogP contribution in [-0.2, 0) is 9.05 Å². The SMILES string of the molecule is Cc1c(Cl)cc(C(=O)NC(C)(C)C2CC2)cc1S(=O)(=O)Cl. The topological polar surface area (TPSA) is 63.2 Å². The first-order chi connectivity index (χ1) is 9.52. The van der Waals surface area contributed by atoms with Gasteiger partial charge in [-0.05, 0) is 57.2 Å². The van der Waals surface area contributed by atoms with Crippen molar-refractivity contribution in [1.29, 1.82) is 0 Å². The van der Waals surface area contributed by atoms with E-state index >= 15 is 0 Å². The second kappa shape index (κ2) is 5.45. The van der Waals surface area contributed by atoms with E-state index in [1.807, 2.05) is 13.8 Å². The fraction of sp³-hybridized carbons (Fsp3) is 0.500. The van der Waals surface area contributed by atoms with Gasteiger partial charge in [0.15, 0.2) is 0 Å². The third-order valence-corrected chi connectivity index (χ3v) is 5.70. The molecule has 1 aromatic rings. The molecule has 0 spiro atoms. The third-order valence-electron chi connectivity index (χ3n) is 3.86. The lowest BCUT2D eigenvalue weighted by molar-refractivity contribution is 0.0903. The second-order valence-electron chi connectivity index (χ2n) is 5.97. The molecule has 0 radical (unpaired) electrons. The van der Waals surface area contributed by atoms with Crippen LogP contribution in [0.5, 0.6) is 0 Å².